The van der Waals surface area contributed by atoms with E-state index >= 15 is 0 Å². The Morgan fingerprint density at radius 2 is 1.79 bits per heavy atom. The van der Waals surface area contributed by atoms with Gasteiger partial charge in [-0.25, -0.2) is 4.39 Å². The number of fused-ring (bicyclic) bond motifs is 1. The lowest BCUT2D eigenvalue weighted by Gasteiger charge is -2.35. The zero-order chi connectivity index (χ0) is 26.6. The van der Waals surface area contributed by atoms with E-state index in [2.05, 4.69) is 12.2 Å². The van der Waals surface area contributed by atoms with Crippen LogP contribution in [0.5, 0.6) is 5.75 Å². The van der Waals surface area contributed by atoms with E-state index in [0.717, 1.165) is 42.0 Å². The number of benzene rings is 3. The summed E-state index contributed by atoms with van der Waals surface area (Å²) in [5, 5.41) is 3.53. The van der Waals surface area contributed by atoms with Crippen LogP contribution in [0.4, 0.5) is 15.8 Å². The number of para-hydroxylation sites is 2. The number of hydrogen-bond donors (Lipinski definition) is 1. The van der Waals surface area contributed by atoms with Crippen LogP contribution in [0.15, 0.2) is 84.1 Å². The number of anilines is 2. The van der Waals surface area contributed by atoms with E-state index in [4.69, 9.17) is 4.74 Å². The number of carbonyl (C=O) groups is 2. The fourth-order valence-corrected chi connectivity index (χ4v) is 5.62. The largest absolute Gasteiger partial charge is 0.497 e. The molecule has 0 bridgehead atoms. The van der Waals surface area contributed by atoms with Gasteiger partial charge in [0, 0.05) is 24.1 Å². The van der Waals surface area contributed by atoms with Crippen molar-refractivity contribution < 1.29 is 18.7 Å². The average molecular weight is 513 g/mol. The SMILES string of the molecule is CCCCCC(=O)N1c2ccccc2NC2=C(C(=O)C[C@H](c3ccc(OC)cc3)C2)[C@H]1c1cccc(F)c1. The Morgan fingerprint density at radius 1 is 1.00 bits per heavy atom. The van der Waals surface area contributed by atoms with Crippen LogP contribution in [0, 0.1) is 5.82 Å². The summed E-state index contributed by atoms with van der Waals surface area (Å²) in [4.78, 5) is 29.5. The normalized spacial score (nSPS) is 18.8. The van der Waals surface area contributed by atoms with Crippen molar-refractivity contribution in [2.45, 2.75) is 57.4 Å². The van der Waals surface area contributed by atoms with Crippen LogP contribution in [-0.2, 0) is 9.59 Å². The number of hydrogen-bond acceptors (Lipinski definition) is 4. The fourth-order valence-electron chi connectivity index (χ4n) is 5.62. The van der Waals surface area contributed by atoms with E-state index in [-0.39, 0.29) is 17.6 Å². The number of ketones is 1. The average Bonchev–Trinajstić information content (AvgIpc) is 3.08. The van der Waals surface area contributed by atoms with E-state index in [9.17, 15) is 14.0 Å². The molecule has 6 heteroatoms. The maximum Gasteiger partial charge on any atom is 0.227 e. The summed E-state index contributed by atoms with van der Waals surface area (Å²) < 4.78 is 19.8. The molecule has 5 rings (SSSR count). The molecule has 0 saturated carbocycles. The zero-order valence-corrected chi connectivity index (χ0v) is 21.9. The maximum atomic E-state index is 14.5. The van der Waals surface area contributed by atoms with Gasteiger partial charge >= 0.3 is 0 Å². The van der Waals surface area contributed by atoms with E-state index in [0.29, 0.717) is 36.1 Å². The highest BCUT2D eigenvalue weighted by atomic mass is 19.1. The molecule has 1 aliphatic heterocycles. The first-order chi connectivity index (χ1) is 18.5. The fraction of sp³-hybridized carbons (Fsp3) is 0.312. The Labute approximate surface area is 223 Å². The first-order valence-electron chi connectivity index (χ1n) is 13.3. The third-order valence-corrected chi connectivity index (χ3v) is 7.50. The molecule has 2 aliphatic rings. The van der Waals surface area contributed by atoms with Gasteiger partial charge in [-0.3, -0.25) is 14.5 Å². The van der Waals surface area contributed by atoms with Gasteiger partial charge in [0.15, 0.2) is 5.78 Å². The molecular formula is C32H33FN2O3. The molecule has 0 unspecified atom stereocenters. The molecule has 1 amide bonds. The van der Waals surface area contributed by atoms with Crippen LogP contribution in [0.3, 0.4) is 0 Å². The van der Waals surface area contributed by atoms with Crippen molar-refractivity contribution >= 4 is 23.1 Å². The Kier molecular flexibility index (Phi) is 7.59. The molecule has 2 atom stereocenters. The number of nitrogens with zero attached hydrogens (tertiary/aromatic N) is 1. The van der Waals surface area contributed by atoms with Gasteiger partial charge < -0.3 is 10.1 Å². The Balaban J connectivity index is 1.64. The lowest BCUT2D eigenvalue weighted by molar-refractivity contribution is -0.119. The van der Waals surface area contributed by atoms with Crippen LogP contribution >= 0.6 is 0 Å². The predicted molar refractivity (Wildman–Crippen MR) is 148 cm³/mol. The number of allylic oxidation sites excluding steroid dienone is 1. The molecule has 1 heterocycles. The highest BCUT2D eigenvalue weighted by Crippen LogP contribution is 2.47. The van der Waals surface area contributed by atoms with Gasteiger partial charge in [0.05, 0.1) is 24.5 Å². The van der Waals surface area contributed by atoms with Crippen LogP contribution in [0.25, 0.3) is 0 Å². The first kappa shape index (κ1) is 25.7. The minimum absolute atomic E-state index is 0.0215. The van der Waals surface area contributed by atoms with Crippen LogP contribution < -0.4 is 15.0 Å². The number of unbranched alkanes of at least 4 members (excludes halogenated alkanes) is 2. The molecule has 3 aromatic carbocycles. The Hall–Kier alpha value is -3.93. The number of carbonyl (C=O) groups excluding carboxylic acids is 2. The zero-order valence-electron chi connectivity index (χ0n) is 21.9. The van der Waals surface area contributed by atoms with E-state index in [1.54, 1.807) is 18.1 Å². The minimum Gasteiger partial charge on any atom is -0.497 e. The molecule has 0 saturated heterocycles. The molecule has 1 N–H and O–H groups in total. The first-order valence-corrected chi connectivity index (χ1v) is 13.3. The second-order valence-corrected chi connectivity index (χ2v) is 10.0. The van der Waals surface area contributed by atoms with Crippen molar-refractivity contribution in [1.82, 2.24) is 0 Å². The van der Waals surface area contributed by atoms with E-state index < -0.39 is 11.9 Å². The summed E-state index contributed by atoms with van der Waals surface area (Å²) in [5.41, 5.74) is 4.45. The highest BCUT2D eigenvalue weighted by Gasteiger charge is 2.41. The lowest BCUT2D eigenvalue weighted by Crippen LogP contribution is -2.38. The summed E-state index contributed by atoms with van der Waals surface area (Å²) in [7, 11) is 1.63. The van der Waals surface area contributed by atoms with Crippen molar-refractivity contribution in [3.8, 4) is 5.75 Å². The van der Waals surface area contributed by atoms with E-state index in [1.807, 2.05) is 54.6 Å². The summed E-state index contributed by atoms with van der Waals surface area (Å²) in [6.07, 6.45) is 3.98. The summed E-state index contributed by atoms with van der Waals surface area (Å²) in [6, 6.07) is 21.0. The Morgan fingerprint density at radius 3 is 2.53 bits per heavy atom. The molecule has 0 fully saturated rings. The molecule has 0 spiro atoms. The van der Waals surface area contributed by atoms with Crippen LogP contribution in [-0.4, -0.2) is 18.8 Å². The summed E-state index contributed by atoms with van der Waals surface area (Å²) >= 11 is 0. The van der Waals surface area contributed by atoms with Gasteiger partial charge in [-0.05, 0) is 66.3 Å². The summed E-state index contributed by atoms with van der Waals surface area (Å²) in [6.45, 7) is 2.10. The highest BCUT2D eigenvalue weighted by molar-refractivity contribution is 6.06. The topological polar surface area (TPSA) is 58.6 Å². The second kappa shape index (κ2) is 11.2. The van der Waals surface area contributed by atoms with Gasteiger partial charge in [-0.15, -0.1) is 0 Å². The second-order valence-electron chi connectivity index (χ2n) is 10.0. The smallest absolute Gasteiger partial charge is 0.227 e. The number of rotatable bonds is 7. The third kappa shape index (κ3) is 5.08. The van der Waals surface area contributed by atoms with Crippen LogP contribution in [0.2, 0.25) is 0 Å². The van der Waals surface area contributed by atoms with Gasteiger partial charge in [0.25, 0.3) is 0 Å². The van der Waals surface area contributed by atoms with Gasteiger partial charge in [0.2, 0.25) is 5.91 Å². The molecule has 1 aliphatic carbocycles. The predicted octanol–water partition coefficient (Wildman–Crippen LogP) is 7.32. The molecule has 0 radical (unpaired) electrons. The molecule has 38 heavy (non-hydrogen) atoms. The molecule has 5 nitrogen and oxygen atoms in total. The lowest BCUT2D eigenvalue weighted by atomic mass is 9.78. The molecule has 196 valence electrons. The number of halogens is 1. The number of Topliss-reactive ketones (excluding diaryl/α,β-unsaturated/α-hetero) is 1. The van der Waals surface area contributed by atoms with Gasteiger partial charge in [-0.2, -0.15) is 0 Å². The maximum absolute atomic E-state index is 14.5. The van der Waals surface area contributed by atoms with Gasteiger partial charge in [0.1, 0.15) is 11.6 Å². The van der Waals surface area contributed by atoms with Crippen LogP contribution in [0.1, 0.15) is 68.5 Å². The third-order valence-electron chi connectivity index (χ3n) is 7.50. The van der Waals surface area contributed by atoms with Crippen molar-refractivity contribution in [2.75, 3.05) is 17.3 Å². The molecule has 3 aromatic rings. The monoisotopic (exact) mass is 512 g/mol. The number of ether oxygens (including phenoxy) is 1. The number of amides is 1. The van der Waals surface area contributed by atoms with Gasteiger partial charge in [-0.1, -0.05) is 56.2 Å². The Bertz CT molecular complexity index is 1370. The molecule has 0 aromatic heterocycles. The quantitative estimate of drug-likeness (QED) is 0.337. The van der Waals surface area contributed by atoms with Crippen molar-refractivity contribution in [2.24, 2.45) is 0 Å². The standard InChI is InChI=1S/C32H33FN2O3/c1-3-4-5-13-30(37)35-28-12-7-6-11-26(28)34-27-19-23(21-14-16-25(38-2)17-15-21)20-29(36)31(27)32(35)22-9-8-10-24(33)18-22/h6-12,14-18,23,32,34H,3-5,13,19-20H2,1-2H3/t23-,32-/m1/s1. The van der Waals surface area contributed by atoms with Crippen molar-refractivity contribution in [1.29, 1.82) is 0 Å². The number of methoxy groups -OCH3 is 1. The van der Waals surface area contributed by atoms with Crippen molar-refractivity contribution in [3.63, 3.8) is 0 Å². The number of nitrogens with one attached hydrogen (secondary N) is 1. The minimum atomic E-state index is -0.713. The van der Waals surface area contributed by atoms with E-state index in [1.165, 1.54) is 12.1 Å². The summed E-state index contributed by atoms with van der Waals surface area (Å²) in [5.74, 6) is 0.245. The molecular weight excluding hydrogens is 479 g/mol. The van der Waals surface area contributed by atoms with Crippen molar-refractivity contribution in [3.05, 3.63) is 101 Å².